The molecule has 0 unspecified atom stereocenters. The number of hydrogen-bond acceptors (Lipinski definition) is 2. The Balaban J connectivity index is 2.34. The first-order valence-corrected chi connectivity index (χ1v) is 7.81. The number of aliphatic carboxylic acids is 1. The number of carboxylic acid groups (broad SMARTS) is 1. The van der Waals surface area contributed by atoms with Crippen molar-refractivity contribution in [3.8, 4) is 11.3 Å². The van der Waals surface area contributed by atoms with Gasteiger partial charge in [0.2, 0.25) is 0 Å². The highest BCUT2D eigenvalue weighted by Crippen LogP contribution is 2.32. The summed E-state index contributed by atoms with van der Waals surface area (Å²) in [4.78, 5) is 15.7. The SMILES string of the molecule is Cc1ccn2c(CC(=O)O)c(-c3c(C)cc(Br)cc3F)nc2c1. The van der Waals surface area contributed by atoms with Crippen LogP contribution in [0.3, 0.4) is 0 Å². The minimum absolute atomic E-state index is 0.228. The number of hydrogen-bond donors (Lipinski definition) is 1. The maximum absolute atomic E-state index is 14.5. The molecule has 0 fully saturated rings. The molecule has 118 valence electrons. The maximum atomic E-state index is 14.5. The number of halogens is 2. The molecule has 0 saturated carbocycles. The van der Waals surface area contributed by atoms with E-state index >= 15 is 0 Å². The third-order valence-corrected chi connectivity index (χ3v) is 4.15. The first-order chi connectivity index (χ1) is 10.9. The van der Waals surface area contributed by atoms with E-state index in [2.05, 4.69) is 20.9 Å². The lowest BCUT2D eigenvalue weighted by molar-refractivity contribution is -0.136. The average molecular weight is 377 g/mol. The van der Waals surface area contributed by atoms with Crippen LogP contribution >= 0.6 is 15.9 Å². The average Bonchev–Trinajstić information content (AvgIpc) is 2.74. The number of imidazole rings is 1. The molecule has 0 saturated heterocycles. The third-order valence-electron chi connectivity index (χ3n) is 3.69. The summed E-state index contributed by atoms with van der Waals surface area (Å²) >= 11 is 3.26. The summed E-state index contributed by atoms with van der Waals surface area (Å²) in [7, 11) is 0. The van der Waals surface area contributed by atoms with Crippen LogP contribution in [-0.4, -0.2) is 20.5 Å². The molecule has 1 aromatic carbocycles. The second-order valence-electron chi connectivity index (χ2n) is 5.49. The van der Waals surface area contributed by atoms with Gasteiger partial charge in [-0.3, -0.25) is 4.79 Å². The van der Waals surface area contributed by atoms with Crippen molar-refractivity contribution in [1.82, 2.24) is 9.38 Å². The Labute approximate surface area is 140 Å². The van der Waals surface area contributed by atoms with E-state index < -0.39 is 11.8 Å². The molecule has 0 bridgehead atoms. The molecule has 0 amide bonds. The summed E-state index contributed by atoms with van der Waals surface area (Å²) in [6.07, 6.45) is 1.54. The number of pyridine rings is 1. The van der Waals surface area contributed by atoms with Crippen molar-refractivity contribution in [2.24, 2.45) is 0 Å². The van der Waals surface area contributed by atoms with Crippen molar-refractivity contribution < 1.29 is 14.3 Å². The molecular formula is C17H14BrFN2O2. The van der Waals surface area contributed by atoms with Crippen LogP contribution in [0.1, 0.15) is 16.8 Å². The van der Waals surface area contributed by atoms with Crippen LogP contribution in [0.15, 0.2) is 34.9 Å². The summed E-state index contributed by atoms with van der Waals surface area (Å²) in [6.45, 7) is 3.71. The molecule has 2 aromatic heterocycles. The van der Waals surface area contributed by atoms with E-state index in [-0.39, 0.29) is 6.42 Å². The van der Waals surface area contributed by atoms with Gasteiger partial charge in [0.05, 0.1) is 17.8 Å². The lowest BCUT2D eigenvalue weighted by Gasteiger charge is -2.08. The molecule has 0 aliphatic carbocycles. The van der Waals surface area contributed by atoms with Gasteiger partial charge in [0, 0.05) is 16.2 Å². The molecule has 0 radical (unpaired) electrons. The van der Waals surface area contributed by atoms with Crippen LogP contribution < -0.4 is 0 Å². The van der Waals surface area contributed by atoms with Crippen LogP contribution in [0.2, 0.25) is 0 Å². The molecule has 0 aliphatic heterocycles. The number of fused-ring (bicyclic) bond motifs is 1. The van der Waals surface area contributed by atoms with Crippen molar-refractivity contribution in [3.63, 3.8) is 0 Å². The molecule has 4 nitrogen and oxygen atoms in total. The smallest absolute Gasteiger partial charge is 0.309 e. The molecule has 23 heavy (non-hydrogen) atoms. The second kappa shape index (κ2) is 5.77. The molecule has 0 atom stereocenters. The van der Waals surface area contributed by atoms with Gasteiger partial charge in [-0.05, 0) is 49.2 Å². The van der Waals surface area contributed by atoms with Gasteiger partial charge in [-0.15, -0.1) is 0 Å². The van der Waals surface area contributed by atoms with Crippen molar-refractivity contribution in [2.45, 2.75) is 20.3 Å². The molecular weight excluding hydrogens is 363 g/mol. The van der Waals surface area contributed by atoms with E-state index in [0.717, 1.165) is 5.56 Å². The zero-order valence-corrected chi connectivity index (χ0v) is 14.2. The Morgan fingerprint density at radius 3 is 2.74 bits per heavy atom. The van der Waals surface area contributed by atoms with E-state index in [0.29, 0.717) is 32.6 Å². The van der Waals surface area contributed by atoms with Crippen LogP contribution in [0, 0.1) is 19.7 Å². The van der Waals surface area contributed by atoms with E-state index in [1.807, 2.05) is 19.1 Å². The summed E-state index contributed by atoms with van der Waals surface area (Å²) in [5.41, 5.74) is 3.49. The Kier molecular flexibility index (Phi) is 3.93. The Morgan fingerprint density at radius 2 is 2.09 bits per heavy atom. The fourth-order valence-corrected chi connectivity index (χ4v) is 3.26. The number of aromatic nitrogens is 2. The standard InChI is InChI=1S/C17H14BrFN2O2/c1-9-3-4-21-13(8-15(22)23)17(20-14(21)5-9)16-10(2)6-11(18)7-12(16)19/h3-7H,8H2,1-2H3,(H,22,23). The van der Waals surface area contributed by atoms with Gasteiger partial charge in [-0.2, -0.15) is 0 Å². The van der Waals surface area contributed by atoms with Gasteiger partial charge in [0.15, 0.2) is 0 Å². The predicted octanol–water partition coefficient (Wildman–Crippen LogP) is 4.15. The number of carboxylic acids is 1. The molecule has 6 heteroatoms. The zero-order valence-electron chi connectivity index (χ0n) is 12.6. The minimum Gasteiger partial charge on any atom is -0.481 e. The summed E-state index contributed by atoms with van der Waals surface area (Å²) < 4.78 is 16.8. The third kappa shape index (κ3) is 2.86. The topological polar surface area (TPSA) is 54.6 Å². The lowest BCUT2D eigenvalue weighted by Crippen LogP contribution is -2.05. The molecule has 3 rings (SSSR count). The van der Waals surface area contributed by atoms with E-state index in [4.69, 9.17) is 0 Å². The van der Waals surface area contributed by atoms with Gasteiger partial charge in [-0.1, -0.05) is 15.9 Å². The number of nitrogens with zero attached hydrogens (tertiary/aromatic N) is 2. The summed E-state index contributed by atoms with van der Waals surface area (Å²) in [5, 5.41) is 9.21. The fourth-order valence-electron chi connectivity index (χ4n) is 2.71. The first kappa shape index (κ1) is 15.7. The minimum atomic E-state index is -0.983. The summed E-state index contributed by atoms with van der Waals surface area (Å²) in [5.74, 6) is -1.41. The summed E-state index contributed by atoms with van der Waals surface area (Å²) in [6, 6.07) is 6.87. The maximum Gasteiger partial charge on any atom is 0.309 e. The van der Waals surface area contributed by atoms with Gasteiger partial charge in [-0.25, -0.2) is 9.37 Å². The predicted molar refractivity (Wildman–Crippen MR) is 89.1 cm³/mol. The quantitative estimate of drug-likeness (QED) is 0.746. The number of carbonyl (C=O) groups is 1. The Bertz CT molecular complexity index is 911. The van der Waals surface area contributed by atoms with Gasteiger partial charge >= 0.3 is 5.97 Å². The lowest BCUT2D eigenvalue weighted by atomic mass is 10.0. The van der Waals surface area contributed by atoms with Crippen molar-refractivity contribution >= 4 is 27.5 Å². The van der Waals surface area contributed by atoms with Crippen molar-refractivity contribution in [2.75, 3.05) is 0 Å². The molecule has 0 aliphatic rings. The second-order valence-corrected chi connectivity index (χ2v) is 6.41. The normalized spacial score (nSPS) is 11.1. The van der Waals surface area contributed by atoms with Crippen LogP contribution in [0.4, 0.5) is 4.39 Å². The zero-order chi connectivity index (χ0) is 16.7. The highest BCUT2D eigenvalue weighted by atomic mass is 79.9. The van der Waals surface area contributed by atoms with E-state index in [1.165, 1.54) is 6.07 Å². The first-order valence-electron chi connectivity index (χ1n) is 7.02. The van der Waals surface area contributed by atoms with Crippen LogP contribution in [0.25, 0.3) is 16.9 Å². The molecule has 0 spiro atoms. The van der Waals surface area contributed by atoms with E-state index in [1.54, 1.807) is 23.6 Å². The van der Waals surface area contributed by atoms with Crippen LogP contribution in [-0.2, 0) is 11.2 Å². The largest absolute Gasteiger partial charge is 0.481 e. The van der Waals surface area contributed by atoms with Gasteiger partial charge in [0.25, 0.3) is 0 Å². The number of aryl methyl sites for hydroxylation is 2. The van der Waals surface area contributed by atoms with Crippen molar-refractivity contribution in [3.05, 3.63) is 57.6 Å². The Morgan fingerprint density at radius 1 is 1.35 bits per heavy atom. The molecule has 2 heterocycles. The molecule has 1 N–H and O–H groups in total. The van der Waals surface area contributed by atoms with Crippen LogP contribution in [0.5, 0.6) is 0 Å². The molecule has 3 aromatic rings. The van der Waals surface area contributed by atoms with Gasteiger partial charge < -0.3 is 9.51 Å². The Hall–Kier alpha value is -2.21. The van der Waals surface area contributed by atoms with E-state index in [9.17, 15) is 14.3 Å². The van der Waals surface area contributed by atoms with Gasteiger partial charge in [0.1, 0.15) is 11.5 Å². The number of rotatable bonds is 3. The highest BCUT2D eigenvalue weighted by molar-refractivity contribution is 9.10. The number of benzene rings is 1. The van der Waals surface area contributed by atoms with Crippen molar-refractivity contribution in [1.29, 1.82) is 0 Å². The highest BCUT2D eigenvalue weighted by Gasteiger charge is 2.21. The fraction of sp³-hybridized carbons (Fsp3) is 0.176. The monoisotopic (exact) mass is 376 g/mol.